The molecule has 0 atom stereocenters. The highest BCUT2D eigenvalue weighted by atomic mass is 28.1. The predicted octanol–water partition coefficient (Wildman–Crippen LogP) is 3.40. The van der Waals surface area contributed by atoms with E-state index in [2.05, 4.69) is 10.2 Å². The summed E-state index contributed by atoms with van der Waals surface area (Å²) in [6.07, 6.45) is 0. The van der Waals surface area contributed by atoms with Gasteiger partial charge < -0.3 is 0 Å². The van der Waals surface area contributed by atoms with Gasteiger partial charge in [0.15, 0.2) is 40.7 Å². The van der Waals surface area contributed by atoms with Gasteiger partial charge in [0.1, 0.15) is 5.82 Å². The number of hydrogen-bond acceptors (Lipinski definition) is 0. The zero-order valence-corrected chi connectivity index (χ0v) is 10.9. The quantitative estimate of drug-likeness (QED) is 0.322. The molecule has 10 heteroatoms. The summed E-state index contributed by atoms with van der Waals surface area (Å²) in [7, 11) is 2.21. The van der Waals surface area contributed by atoms with Gasteiger partial charge in [-0.1, -0.05) is 0 Å². The van der Waals surface area contributed by atoms with Crippen LogP contribution in [0.15, 0.2) is 0 Å². The van der Waals surface area contributed by atoms with Crippen LogP contribution >= 0.6 is 0 Å². The number of hydrogen-bond donors (Lipinski definition) is 0. The van der Waals surface area contributed by atoms with Crippen molar-refractivity contribution in [3.63, 3.8) is 0 Å². The Morgan fingerprint density at radius 1 is 0.364 bits per heavy atom. The fraction of sp³-hybridized carbons (Fsp3) is 0. The minimum atomic E-state index is -2.58. The van der Waals surface area contributed by atoms with Crippen LogP contribution in [-0.4, -0.2) is 10.2 Å². The Bertz CT molecular complexity index is 675. The highest BCUT2D eigenvalue weighted by Crippen LogP contribution is 2.35. The minimum Gasteiger partial charge on any atom is -0.206 e. The molecule has 0 nitrogen and oxygen atoms in total. The zero-order chi connectivity index (χ0) is 16.9. The van der Waals surface area contributed by atoms with Gasteiger partial charge in [0.05, 0.1) is 21.4 Å². The SMILES string of the molecule is Fc1c(F)c(F)c(-c2c(F)c(F)c(F)c([Si])c2F)c(F)c1F. The molecule has 115 valence electrons. The number of benzene rings is 2. The topological polar surface area (TPSA) is 0 Å². The summed E-state index contributed by atoms with van der Waals surface area (Å²) in [5.74, 6) is -21.7. The van der Waals surface area contributed by atoms with Gasteiger partial charge in [-0.15, -0.1) is 0 Å². The van der Waals surface area contributed by atoms with Crippen LogP contribution in [0.2, 0.25) is 0 Å². The molecular formula is C12F9Si. The van der Waals surface area contributed by atoms with Crippen LogP contribution < -0.4 is 5.19 Å². The maximum Gasteiger partial charge on any atom is 0.200 e. The molecule has 0 aliphatic carbocycles. The predicted molar refractivity (Wildman–Crippen MR) is 56.9 cm³/mol. The van der Waals surface area contributed by atoms with E-state index in [1.807, 2.05) is 0 Å². The molecule has 3 radical (unpaired) electrons. The van der Waals surface area contributed by atoms with Crippen molar-refractivity contribution in [1.29, 1.82) is 0 Å². The van der Waals surface area contributed by atoms with Crippen molar-refractivity contribution < 1.29 is 39.5 Å². The maximum absolute atomic E-state index is 13.7. The summed E-state index contributed by atoms with van der Waals surface area (Å²) in [5.41, 5.74) is -3.98. The first kappa shape index (κ1) is 16.4. The van der Waals surface area contributed by atoms with Gasteiger partial charge >= 0.3 is 0 Å². The van der Waals surface area contributed by atoms with E-state index in [-0.39, 0.29) is 0 Å². The molecule has 2 rings (SSSR count). The fourth-order valence-electron chi connectivity index (χ4n) is 1.68. The van der Waals surface area contributed by atoms with E-state index in [9.17, 15) is 39.5 Å². The van der Waals surface area contributed by atoms with Gasteiger partial charge in [-0.25, -0.2) is 39.5 Å². The standard InChI is InChI=1S/C12F9Si/c13-3-1(4(14)8(18)10(20)7(3)17)2-5(15)9(19)11(21)12(22)6(2)16. The molecule has 2 aromatic carbocycles. The molecular weight excluding hydrogens is 343 g/mol. The van der Waals surface area contributed by atoms with Gasteiger partial charge in [-0.2, -0.15) is 0 Å². The van der Waals surface area contributed by atoms with Crippen LogP contribution in [0, 0.1) is 52.4 Å². The molecule has 0 saturated heterocycles. The van der Waals surface area contributed by atoms with Crippen LogP contribution in [-0.2, 0) is 0 Å². The van der Waals surface area contributed by atoms with Crippen molar-refractivity contribution in [2.45, 2.75) is 0 Å². The Morgan fingerprint density at radius 3 is 1.05 bits per heavy atom. The summed E-state index contributed by atoms with van der Waals surface area (Å²) in [6.45, 7) is 0. The van der Waals surface area contributed by atoms with E-state index < -0.39 is 68.7 Å². The van der Waals surface area contributed by atoms with E-state index >= 15 is 0 Å². The van der Waals surface area contributed by atoms with E-state index in [1.165, 1.54) is 0 Å². The van der Waals surface area contributed by atoms with Crippen molar-refractivity contribution in [3.05, 3.63) is 52.4 Å². The second kappa shape index (κ2) is 5.34. The molecule has 0 aliphatic rings. The van der Waals surface area contributed by atoms with Crippen molar-refractivity contribution in [3.8, 4) is 11.1 Å². The summed E-state index contributed by atoms with van der Waals surface area (Å²) < 4.78 is 120. The van der Waals surface area contributed by atoms with Crippen LogP contribution in [0.3, 0.4) is 0 Å². The van der Waals surface area contributed by atoms with E-state index in [4.69, 9.17) is 0 Å². The smallest absolute Gasteiger partial charge is 0.200 e. The third kappa shape index (κ3) is 2.09. The first-order valence-electron chi connectivity index (χ1n) is 5.20. The lowest BCUT2D eigenvalue weighted by Gasteiger charge is -2.13. The molecule has 22 heavy (non-hydrogen) atoms. The number of rotatable bonds is 1. The molecule has 0 unspecified atom stereocenters. The third-order valence-electron chi connectivity index (χ3n) is 2.72. The summed E-state index contributed by atoms with van der Waals surface area (Å²) in [6, 6.07) is 0. The zero-order valence-electron chi connectivity index (χ0n) is 9.90. The average molecular weight is 343 g/mol. The van der Waals surface area contributed by atoms with Gasteiger partial charge in [0.25, 0.3) is 0 Å². The first-order valence-corrected chi connectivity index (χ1v) is 5.70. The molecule has 0 N–H and O–H groups in total. The molecule has 0 aliphatic heterocycles. The Morgan fingerprint density at radius 2 is 0.636 bits per heavy atom. The Labute approximate surface area is 119 Å². The molecule has 0 saturated carbocycles. The lowest BCUT2D eigenvalue weighted by molar-refractivity contribution is 0.379. The lowest BCUT2D eigenvalue weighted by Crippen LogP contribution is -2.21. The van der Waals surface area contributed by atoms with Crippen molar-refractivity contribution in [2.24, 2.45) is 0 Å². The molecule has 0 bridgehead atoms. The van der Waals surface area contributed by atoms with Gasteiger partial charge in [0, 0.05) is 5.19 Å². The molecule has 2 aromatic rings. The summed E-state index contributed by atoms with van der Waals surface area (Å²) in [4.78, 5) is 0. The first-order chi connectivity index (χ1) is 10.1. The van der Waals surface area contributed by atoms with Crippen molar-refractivity contribution in [1.82, 2.24) is 0 Å². The van der Waals surface area contributed by atoms with Crippen LogP contribution in [0.1, 0.15) is 0 Å². The Hall–Kier alpha value is -1.97. The minimum absolute atomic E-state index is 1.38. The third-order valence-corrected chi connectivity index (χ3v) is 3.16. The number of halogens is 9. The molecule has 0 spiro atoms. The summed E-state index contributed by atoms with van der Waals surface area (Å²) >= 11 is 0. The normalized spacial score (nSPS) is 11.2. The summed E-state index contributed by atoms with van der Waals surface area (Å²) in [5, 5.41) is -1.38. The van der Waals surface area contributed by atoms with Crippen LogP contribution in [0.25, 0.3) is 11.1 Å². The Kier molecular flexibility index (Phi) is 3.98. The monoisotopic (exact) mass is 343 g/mol. The molecule has 0 fully saturated rings. The van der Waals surface area contributed by atoms with Gasteiger partial charge in [-0.3, -0.25) is 0 Å². The second-order valence-electron chi connectivity index (χ2n) is 3.95. The van der Waals surface area contributed by atoms with Crippen LogP contribution in [0.4, 0.5) is 39.5 Å². The highest BCUT2D eigenvalue weighted by molar-refractivity contribution is 6.33. The fourth-order valence-corrected chi connectivity index (χ4v) is 1.91. The van der Waals surface area contributed by atoms with Crippen molar-refractivity contribution >= 4 is 15.4 Å². The highest BCUT2D eigenvalue weighted by Gasteiger charge is 2.33. The largest absolute Gasteiger partial charge is 0.206 e. The second-order valence-corrected chi connectivity index (χ2v) is 4.45. The molecule has 0 aromatic heterocycles. The molecule has 0 amide bonds. The van der Waals surface area contributed by atoms with E-state index in [0.717, 1.165) is 0 Å². The maximum atomic E-state index is 13.7. The van der Waals surface area contributed by atoms with E-state index in [1.54, 1.807) is 0 Å². The lowest BCUT2D eigenvalue weighted by atomic mass is 10.0. The van der Waals surface area contributed by atoms with E-state index in [0.29, 0.717) is 0 Å². The van der Waals surface area contributed by atoms with Crippen molar-refractivity contribution in [2.75, 3.05) is 0 Å². The Balaban J connectivity index is 3.03. The van der Waals surface area contributed by atoms with Crippen LogP contribution in [0.5, 0.6) is 0 Å². The average Bonchev–Trinajstić information content (AvgIpc) is 2.50. The van der Waals surface area contributed by atoms with Gasteiger partial charge in [0.2, 0.25) is 5.82 Å². The molecule has 0 heterocycles. The van der Waals surface area contributed by atoms with Gasteiger partial charge in [-0.05, 0) is 0 Å².